The largest absolute Gasteiger partial charge is 0.365 e. The van der Waals surface area contributed by atoms with E-state index < -0.39 is 5.91 Å². The summed E-state index contributed by atoms with van der Waals surface area (Å²) in [5, 5.41) is 3.20. The smallest absolute Gasteiger partial charge is 0.318 e. The quantitative estimate of drug-likeness (QED) is 0.400. The fraction of sp³-hybridized carbons (Fsp3) is 0.393. The number of nitrogens with zero attached hydrogens (tertiary/aromatic N) is 6. The van der Waals surface area contributed by atoms with Gasteiger partial charge in [-0.3, -0.25) is 4.79 Å². The van der Waals surface area contributed by atoms with Crippen LogP contribution in [0.2, 0.25) is 5.02 Å². The van der Waals surface area contributed by atoms with Crippen LogP contribution in [0.4, 0.5) is 17.3 Å². The summed E-state index contributed by atoms with van der Waals surface area (Å²) in [4.78, 5) is 38.9. The van der Waals surface area contributed by atoms with Crippen molar-refractivity contribution < 1.29 is 4.79 Å². The Balaban J connectivity index is 1.43. The van der Waals surface area contributed by atoms with Crippen molar-refractivity contribution in [3.63, 3.8) is 0 Å². The first-order valence-corrected chi connectivity index (χ1v) is 13.1. The van der Waals surface area contributed by atoms with E-state index in [2.05, 4.69) is 56.9 Å². The molecule has 2 aliphatic heterocycles. The zero-order valence-electron chi connectivity index (χ0n) is 21.4. The van der Waals surface area contributed by atoms with Gasteiger partial charge >= 0.3 is 5.91 Å². The van der Waals surface area contributed by atoms with Gasteiger partial charge < -0.3 is 14.7 Å². The van der Waals surface area contributed by atoms with Gasteiger partial charge in [0.1, 0.15) is 11.6 Å². The highest BCUT2D eigenvalue weighted by atomic mass is 35.5. The number of pyridine rings is 2. The maximum atomic E-state index is 11.6. The summed E-state index contributed by atoms with van der Waals surface area (Å²) < 4.78 is 0. The minimum atomic E-state index is -0.795. The van der Waals surface area contributed by atoms with Crippen molar-refractivity contribution in [1.82, 2.24) is 9.97 Å². The van der Waals surface area contributed by atoms with Gasteiger partial charge in [-0.1, -0.05) is 23.7 Å². The van der Waals surface area contributed by atoms with E-state index in [1.807, 2.05) is 25.1 Å². The van der Waals surface area contributed by atoms with E-state index >= 15 is 0 Å². The minimum absolute atomic E-state index is 0.214. The molecule has 3 aromatic rings. The first-order valence-electron chi connectivity index (χ1n) is 12.7. The Morgan fingerprint density at radius 2 is 1.89 bits per heavy atom. The molecule has 0 saturated carbocycles. The summed E-state index contributed by atoms with van der Waals surface area (Å²) in [5.41, 5.74) is 4.15. The number of aromatic nitrogens is 2. The lowest BCUT2D eigenvalue weighted by molar-refractivity contribution is 0.100. The molecule has 1 amide bonds. The number of halogens is 1. The molecule has 37 heavy (non-hydrogen) atoms. The fourth-order valence-corrected chi connectivity index (χ4v) is 5.68. The Hall–Kier alpha value is -3.52. The highest BCUT2D eigenvalue weighted by Crippen LogP contribution is 2.34. The molecule has 0 N–H and O–H groups in total. The topological polar surface area (TPSA) is 82.0 Å². The number of anilines is 3. The van der Waals surface area contributed by atoms with Gasteiger partial charge in [0.25, 0.3) is 0 Å². The highest BCUT2D eigenvalue weighted by Gasteiger charge is 2.28. The van der Waals surface area contributed by atoms with Crippen LogP contribution in [0.5, 0.6) is 0 Å². The van der Waals surface area contributed by atoms with Gasteiger partial charge in [0.05, 0.1) is 11.3 Å². The highest BCUT2D eigenvalue weighted by molar-refractivity contribution is 6.30. The number of carbonyl (C=O) groups is 1. The van der Waals surface area contributed by atoms with E-state index in [1.54, 1.807) is 6.07 Å². The normalized spacial score (nSPS) is 19.8. The number of amides is 1. The van der Waals surface area contributed by atoms with Crippen LogP contribution in [0.3, 0.4) is 0 Å². The molecule has 5 rings (SSSR count). The van der Waals surface area contributed by atoms with Crippen molar-refractivity contribution in [1.29, 1.82) is 0 Å². The predicted octanol–water partition coefficient (Wildman–Crippen LogP) is 5.72. The molecule has 0 spiro atoms. The van der Waals surface area contributed by atoms with Crippen molar-refractivity contribution >= 4 is 34.8 Å². The minimum Gasteiger partial charge on any atom is -0.365 e. The van der Waals surface area contributed by atoms with Gasteiger partial charge in [-0.25, -0.2) is 9.97 Å². The van der Waals surface area contributed by atoms with Crippen molar-refractivity contribution in [3.05, 3.63) is 69.7 Å². The standard InChI is InChI=1S/C28H31ClN6O2/c1-18-12-22(28(36)32-37)16-30-27(18)33-10-11-34(20(3)17-33)24-14-25(21-7-4-8-23(29)13-21)31-26(15-24)35-9-5-6-19(35)2/h4,7-8,12-16,19-20H,5-6,9-11,17H2,1-3H3. The molecule has 4 heterocycles. The van der Waals surface area contributed by atoms with Crippen molar-refractivity contribution in [2.24, 2.45) is 5.18 Å². The molecular weight excluding hydrogens is 488 g/mol. The molecule has 0 aliphatic carbocycles. The summed E-state index contributed by atoms with van der Waals surface area (Å²) in [5.74, 6) is 1.04. The molecule has 9 heteroatoms. The molecular formula is C28H31ClN6O2. The van der Waals surface area contributed by atoms with E-state index in [1.165, 1.54) is 19.0 Å². The van der Waals surface area contributed by atoms with Crippen LogP contribution in [0.15, 0.2) is 53.8 Å². The zero-order valence-corrected chi connectivity index (χ0v) is 22.1. The molecule has 192 valence electrons. The molecule has 8 nitrogen and oxygen atoms in total. The van der Waals surface area contributed by atoms with Crippen molar-refractivity contribution in [3.8, 4) is 11.3 Å². The molecule has 0 bridgehead atoms. The van der Waals surface area contributed by atoms with Crippen LogP contribution in [0.1, 0.15) is 42.6 Å². The molecule has 2 unspecified atom stereocenters. The van der Waals surface area contributed by atoms with Crippen LogP contribution < -0.4 is 14.7 Å². The molecule has 1 aromatic carbocycles. The lowest BCUT2D eigenvalue weighted by atomic mass is 10.1. The number of carbonyl (C=O) groups excluding carboxylic acids is 1. The average Bonchev–Trinajstić information content (AvgIpc) is 3.33. The summed E-state index contributed by atoms with van der Waals surface area (Å²) in [6, 6.07) is 14.6. The van der Waals surface area contributed by atoms with Crippen LogP contribution in [-0.4, -0.2) is 54.1 Å². The van der Waals surface area contributed by atoms with Gasteiger partial charge in [-0.05, 0) is 63.4 Å². The number of rotatable bonds is 5. The van der Waals surface area contributed by atoms with E-state index in [0.717, 1.165) is 60.3 Å². The Bertz CT molecular complexity index is 1330. The molecule has 2 fully saturated rings. The third kappa shape index (κ3) is 5.16. The number of aryl methyl sites for hydroxylation is 1. The summed E-state index contributed by atoms with van der Waals surface area (Å²) >= 11 is 6.32. The number of nitroso groups, excluding NO2 is 1. The monoisotopic (exact) mass is 518 g/mol. The molecule has 0 radical (unpaired) electrons. The second kappa shape index (κ2) is 10.5. The van der Waals surface area contributed by atoms with Crippen molar-refractivity contribution in [2.45, 2.75) is 45.7 Å². The van der Waals surface area contributed by atoms with E-state index in [9.17, 15) is 9.70 Å². The molecule has 2 aliphatic rings. The maximum absolute atomic E-state index is 11.6. The van der Waals surface area contributed by atoms with Crippen molar-refractivity contribution in [2.75, 3.05) is 40.9 Å². The van der Waals surface area contributed by atoms with E-state index in [0.29, 0.717) is 11.1 Å². The Kier molecular flexibility index (Phi) is 7.11. The number of hydrogen-bond acceptors (Lipinski definition) is 7. The second-order valence-corrected chi connectivity index (χ2v) is 10.4. The first-order chi connectivity index (χ1) is 17.8. The fourth-order valence-electron chi connectivity index (χ4n) is 5.49. The van der Waals surface area contributed by atoms with Crippen LogP contribution >= 0.6 is 11.6 Å². The van der Waals surface area contributed by atoms with Gasteiger partial charge in [0.2, 0.25) is 0 Å². The summed E-state index contributed by atoms with van der Waals surface area (Å²) in [6.07, 6.45) is 3.79. The van der Waals surface area contributed by atoms with Crippen LogP contribution in [0.25, 0.3) is 11.3 Å². The van der Waals surface area contributed by atoms with Gasteiger partial charge in [0, 0.05) is 72.0 Å². The molecule has 2 aromatic heterocycles. The Morgan fingerprint density at radius 1 is 1.05 bits per heavy atom. The van der Waals surface area contributed by atoms with Gasteiger partial charge in [-0.2, -0.15) is 0 Å². The number of hydrogen-bond donors (Lipinski definition) is 0. The summed E-state index contributed by atoms with van der Waals surface area (Å²) in [6.45, 7) is 9.77. The van der Waals surface area contributed by atoms with Crippen LogP contribution in [-0.2, 0) is 0 Å². The lowest BCUT2D eigenvalue weighted by Gasteiger charge is -2.42. The van der Waals surface area contributed by atoms with Crippen LogP contribution in [0, 0.1) is 11.8 Å². The molecule has 2 saturated heterocycles. The second-order valence-electron chi connectivity index (χ2n) is 10.0. The number of benzene rings is 1. The van der Waals surface area contributed by atoms with E-state index in [-0.39, 0.29) is 11.6 Å². The van der Waals surface area contributed by atoms with Gasteiger partial charge in [-0.15, -0.1) is 4.91 Å². The predicted molar refractivity (Wildman–Crippen MR) is 149 cm³/mol. The Labute approximate surface area is 222 Å². The maximum Gasteiger partial charge on any atom is 0.318 e. The molecule has 2 atom stereocenters. The number of piperazine rings is 1. The third-order valence-corrected chi connectivity index (χ3v) is 7.64. The third-order valence-electron chi connectivity index (χ3n) is 7.40. The average molecular weight is 519 g/mol. The van der Waals surface area contributed by atoms with E-state index in [4.69, 9.17) is 16.6 Å². The SMILES string of the molecule is Cc1cc(C(=O)N=O)cnc1N1CCN(c2cc(-c3cccc(Cl)c3)nc(N3CCCC3C)c2)C(C)C1. The van der Waals surface area contributed by atoms with Gasteiger partial charge in [0.15, 0.2) is 0 Å². The first kappa shape index (κ1) is 25.1. The lowest BCUT2D eigenvalue weighted by Crippen LogP contribution is -2.52. The Morgan fingerprint density at radius 3 is 2.57 bits per heavy atom. The summed E-state index contributed by atoms with van der Waals surface area (Å²) in [7, 11) is 0. The zero-order chi connectivity index (χ0) is 26.1.